The molecular formula is C18H22N4O3. The SMILES string of the molecule is O=C(CCc1nc(-c2ccncc2)no1)N1CCO[C@@H]2CCCC[C@@H]21. The molecule has 7 nitrogen and oxygen atoms in total. The van der Waals surface area contributed by atoms with Crippen molar-refractivity contribution in [1.82, 2.24) is 20.0 Å². The van der Waals surface area contributed by atoms with E-state index < -0.39 is 0 Å². The molecule has 0 radical (unpaired) electrons. The molecule has 2 aromatic heterocycles. The molecule has 2 atom stereocenters. The third kappa shape index (κ3) is 3.56. The van der Waals surface area contributed by atoms with E-state index in [0.29, 0.717) is 37.7 Å². The van der Waals surface area contributed by atoms with Crippen LogP contribution in [0.5, 0.6) is 0 Å². The Kier molecular flexibility index (Phi) is 4.74. The van der Waals surface area contributed by atoms with Crippen LogP contribution in [-0.2, 0) is 16.0 Å². The van der Waals surface area contributed by atoms with Crippen molar-refractivity contribution in [2.45, 2.75) is 50.7 Å². The first-order valence-electron chi connectivity index (χ1n) is 8.95. The number of aromatic nitrogens is 3. The quantitative estimate of drug-likeness (QED) is 0.847. The summed E-state index contributed by atoms with van der Waals surface area (Å²) in [7, 11) is 0. The summed E-state index contributed by atoms with van der Waals surface area (Å²) < 4.78 is 11.1. The number of fused-ring (bicyclic) bond motifs is 1. The lowest BCUT2D eigenvalue weighted by Gasteiger charge is -2.43. The van der Waals surface area contributed by atoms with Crippen LogP contribution in [0.4, 0.5) is 0 Å². The Morgan fingerprint density at radius 3 is 2.96 bits per heavy atom. The lowest BCUT2D eigenvalue weighted by molar-refractivity contribution is -0.149. The van der Waals surface area contributed by atoms with Crippen molar-refractivity contribution in [2.75, 3.05) is 13.2 Å². The highest BCUT2D eigenvalue weighted by Gasteiger charge is 2.36. The molecule has 0 aromatic carbocycles. The third-order valence-electron chi connectivity index (χ3n) is 5.01. The molecule has 3 heterocycles. The first kappa shape index (κ1) is 16.2. The highest BCUT2D eigenvalue weighted by Crippen LogP contribution is 2.29. The number of ether oxygens (including phenoxy) is 1. The van der Waals surface area contributed by atoms with Crippen LogP contribution in [-0.4, -0.2) is 51.2 Å². The molecule has 25 heavy (non-hydrogen) atoms. The van der Waals surface area contributed by atoms with Crippen molar-refractivity contribution in [3.8, 4) is 11.4 Å². The molecule has 1 amide bonds. The highest BCUT2D eigenvalue weighted by molar-refractivity contribution is 5.77. The van der Waals surface area contributed by atoms with Crippen molar-refractivity contribution in [1.29, 1.82) is 0 Å². The Balaban J connectivity index is 1.36. The molecule has 7 heteroatoms. The van der Waals surface area contributed by atoms with E-state index >= 15 is 0 Å². The van der Waals surface area contributed by atoms with E-state index in [-0.39, 0.29) is 18.1 Å². The fourth-order valence-electron chi connectivity index (χ4n) is 3.74. The molecule has 2 fully saturated rings. The number of nitrogens with zero attached hydrogens (tertiary/aromatic N) is 4. The van der Waals surface area contributed by atoms with Gasteiger partial charge in [-0.05, 0) is 25.0 Å². The molecular weight excluding hydrogens is 320 g/mol. The van der Waals surface area contributed by atoms with Crippen LogP contribution in [0.2, 0.25) is 0 Å². The van der Waals surface area contributed by atoms with Crippen LogP contribution in [0.25, 0.3) is 11.4 Å². The molecule has 2 aromatic rings. The summed E-state index contributed by atoms with van der Waals surface area (Å²) in [5, 5.41) is 3.98. The lowest BCUT2D eigenvalue weighted by atomic mass is 9.90. The van der Waals surface area contributed by atoms with Crippen molar-refractivity contribution >= 4 is 5.91 Å². The second-order valence-electron chi connectivity index (χ2n) is 6.60. The number of pyridine rings is 1. The van der Waals surface area contributed by atoms with Gasteiger partial charge >= 0.3 is 0 Å². The Morgan fingerprint density at radius 2 is 2.08 bits per heavy atom. The lowest BCUT2D eigenvalue weighted by Crippen LogP contribution is -2.54. The van der Waals surface area contributed by atoms with Gasteiger partial charge < -0.3 is 14.2 Å². The Hall–Kier alpha value is -2.28. The summed E-state index contributed by atoms with van der Waals surface area (Å²) in [6.07, 6.45) is 8.93. The number of amides is 1. The molecule has 0 unspecified atom stereocenters. The number of hydrogen-bond acceptors (Lipinski definition) is 6. The maximum absolute atomic E-state index is 12.7. The summed E-state index contributed by atoms with van der Waals surface area (Å²) in [6, 6.07) is 3.90. The van der Waals surface area contributed by atoms with Crippen LogP contribution in [0.3, 0.4) is 0 Å². The van der Waals surface area contributed by atoms with Crippen molar-refractivity contribution < 1.29 is 14.1 Å². The minimum Gasteiger partial charge on any atom is -0.374 e. The van der Waals surface area contributed by atoms with Crippen LogP contribution >= 0.6 is 0 Å². The summed E-state index contributed by atoms with van der Waals surface area (Å²) in [4.78, 5) is 23.0. The predicted octanol–water partition coefficient (Wildman–Crippen LogP) is 2.23. The second-order valence-corrected chi connectivity index (χ2v) is 6.60. The number of rotatable bonds is 4. The third-order valence-corrected chi connectivity index (χ3v) is 5.01. The van der Waals surface area contributed by atoms with Gasteiger partial charge in [-0.3, -0.25) is 9.78 Å². The highest BCUT2D eigenvalue weighted by atomic mass is 16.5. The summed E-state index contributed by atoms with van der Waals surface area (Å²) in [6.45, 7) is 1.33. The maximum atomic E-state index is 12.7. The summed E-state index contributed by atoms with van der Waals surface area (Å²) >= 11 is 0. The molecule has 4 rings (SSSR count). The molecule has 132 valence electrons. The Morgan fingerprint density at radius 1 is 1.24 bits per heavy atom. The van der Waals surface area contributed by atoms with Crippen molar-refractivity contribution in [3.05, 3.63) is 30.4 Å². The van der Waals surface area contributed by atoms with Crippen LogP contribution in [0, 0.1) is 0 Å². The van der Waals surface area contributed by atoms with Gasteiger partial charge in [0.05, 0.1) is 18.8 Å². The summed E-state index contributed by atoms with van der Waals surface area (Å²) in [5.74, 6) is 1.18. The standard InChI is InChI=1S/C18H22N4O3/c23-17(22-11-12-24-15-4-2-1-3-14(15)22)6-5-16-20-18(21-25-16)13-7-9-19-10-8-13/h7-10,14-15H,1-6,11-12H2/t14-,15+/m0/s1. The fraction of sp³-hybridized carbons (Fsp3) is 0.556. The van der Waals surface area contributed by atoms with Crippen LogP contribution in [0.15, 0.2) is 29.0 Å². The molecule has 0 spiro atoms. The van der Waals surface area contributed by atoms with E-state index in [1.54, 1.807) is 12.4 Å². The largest absolute Gasteiger partial charge is 0.374 e. The van der Waals surface area contributed by atoms with Gasteiger partial charge in [-0.15, -0.1) is 0 Å². The molecule has 1 aliphatic heterocycles. The van der Waals surface area contributed by atoms with Gasteiger partial charge in [0.1, 0.15) is 0 Å². The van der Waals surface area contributed by atoms with Gasteiger partial charge in [0.15, 0.2) is 0 Å². The number of hydrogen-bond donors (Lipinski definition) is 0. The monoisotopic (exact) mass is 342 g/mol. The van der Waals surface area contributed by atoms with Crippen LogP contribution in [0.1, 0.15) is 38.0 Å². The van der Waals surface area contributed by atoms with Gasteiger partial charge in [0, 0.05) is 37.3 Å². The minimum absolute atomic E-state index is 0.156. The average Bonchev–Trinajstić information content (AvgIpc) is 3.15. The number of carbonyl (C=O) groups is 1. The zero-order valence-corrected chi connectivity index (χ0v) is 14.1. The molecule has 2 aliphatic rings. The Labute approximate surface area is 146 Å². The predicted molar refractivity (Wildman–Crippen MR) is 89.6 cm³/mol. The van der Waals surface area contributed by atoms with Gasteiger partial charge in [-0.1, -0.05) is 18.0 Å². The zero-order chi connectivity index (χ0) is 17.1. The minimum atomic E-state index is 0.156. The van der Waals surface area contributed by atoms with Gasteiger partial charge in [0.2, 0.25) is 17.6 Å². The maximum Gasteiger partial charge on any atom is 0.227 e. The Bertz CT molecular complexity index is 716. The van der Waals surface area contributed by atoms with Crippen molar-refractivity contribution in [2.24, 2.45) is 0 Å². The van der Waals surface area contributed by atoms with E-state index in [4.69, 9.17) is 9.26 Å². The van der Waals surface area contributed by atoms with E-state index in [1.807, 2.05) is 17.0 Å². The topological polar surface area (TPSA) is 81.3 Å². The smallest absolute Gasteiger partial charge is 0.227 e. The molecule has 0 bridgehead atoms. The molecule has 0 N–H and O–H groups in total. The first-order valence-corrected chi connectivity index (χ1v) is 8.95. The zero-order valence-electron chi connectivity index (χ0n) is 14.1. The normalized spacial score (nSPS) is 23.3. The number of aryl methyl sites for hydroxylation is 1. The van der Waals surface area contributed by atoms with E-state index in [2.05, 4.69) is 15.1 Å². The van der Waals surface area contributed by atoms with Gasteiger partial charge in [-0.2, -0.15) is 4.98 Å². The van der Waals surface area contributed by atoms with E-state index in [0.717, 1.165) is 18.4 Å². The van der Waals surface area contributed by atoms with Gasteiger partial charge in [0.25, 0.3) is 0 Å². The first-order chi connectivity index (χ1) is 12.3. The van der Waals surface area contributed by atoms with Crippen molar-refractivity contribution in [3.63, 3.8) is 0 Å². The number of morpholine rings is 1. The summed E-state index contributed by atoms with van der Waals surface area (Å²) in [5.41, 5.74) is 0.856. The fourth-order valence-corrected chi connectivity index (χ4v) is 3.74. The molecule has 1 saturated carbocycles. The van der Waals surface area contributed by atoms with E-state index in [9.17, 15) is 4.79 Å². The van der Waals surface area contributed by atoms with Crippen LogP contribution < -0.4 is 0 Å². The molecule has 1 saturated heterocycles. The van der Waals surface area contributed by atoms with Gasteiger partial charge in [-0.25, -0.2) is 0 Å². The molecule has 1 aliphatic carbocycles. The number of carbonyl (C=O) groups excluding carboxylic acids is 1. The average molecular weight is 342 g/mol. The van der Waals surface area contributed by atoms with E-state index in [1.165, 1.54) is 12.8 Å². The second kappa shape index (κ2) is 7.31.